The minimum atomic E-state index is -0.352. The number of aromatic nitrogens is 1. The first-order chi connectivity index (χ1) is 16.9. The number of amides is 2. The first kappa shape index (κ1) is 29.1. The van der Waals surface area contributed by atoms with Crippen LogP contribution < -0.4 is 11.1 Å². The molecule has 1 atom stereocenters. The van der Waals surface area contributed by atoms with Crippen molar-refractivity contribution in [1.82, 2.24) is 15.2 Å². The number of halogens is 1. The highest BCUT2D eigenvalue weighted by atomic mass is 35.5. The molecular weight excluding hydrogens is 480 g/mol. The fourth-order valence-electron chi connectivity index (χ4n) is 4.10. The first-order valence-electron chi connectivity index (χ1n) is 12.4. The minimum absolute atomic E-state index is 0. The second kappa shape index (κ2) is 15.1. The number of aryl methyl sites for hydroxylation is 2. The van der Waals surface area contributed by atoms with Gasteiger partial charge in [-0.05, 0) is 68.7 Å². The average molecular weight is 517 g/mol. The van der Waals surface area contributed by atoms with Gasteiger partial charge in [-0.15, -0.1) is 12.4 Å². The lowest BCUT2D eigenvalue weighted by Crippen LogP contribution is -2.46. The maximum atomic E-state index is 12.9. The van der Waals surface area contributed by atoms with Crippen LogP contribution in [0.3, 0.4) is 0 Å². The summed E-state index contributed by atoms with van der Waals surface area (Å²) in [6.45, 7) is 2.07. The van der Waals surface area contributed by atoms with E-state index < -0.39 is 0 Å². The average Bonchev–Trinajstić information content (AvgIpc) is 3.67. The third kappa shape index (κ3) is 10.2. The van der Waals surface area contributed by atoms with E-state index in [-0.39, 0.29) is 55.2 Å². The van der Waals surface area contributed by atoms with Gasteiger partial charge in [-0.3, -0.25) is 14.4 Å². The number of pyridine rings is 1. The summed E-state index contributed by atoms with van der Waals surface area (Å²) in [4.78, 5) is 43.6. The quantitative estimate of drug-likeness (QED) is 0.371. The second-order valence-electron chi connectivity index (χ2n) is 8.99. The molecule has 1 fully saturated rings. The van der Waals surface area contributed by atoms with Crippen LogP contribution >= 0.6 is 12.4 Å². The number of anilines is 1. The Morgan fingerprint density at radius 1 is 1.14 bits per heavy atom. The molecule has 1 aromatic carbocycles. The van der Waals surface area contributed by atoms with E-state index in [1.165, 1.54) is 0 Å². The number of nitrogens with zero attached hydrogens (tertiary/aromatic N) is 2. The van der Waals surface area contributed by atoms with Gasteiger partial charge in [-0.2, -0.15) is 0 Å². The van der Waals surface area contributed by atoms with E-state index in [1.54, 1.807) is 18.0 Å². The zero-order valence-corrected chi connectivity index (χ0v) is 21.7. The molecule has 1 aliphatic carbocycles. The van der Waals surface area contributed by atoms with E-state index >= 15 is 0 Å². The fraction of sp³-hybridized carbons (Fsp3) is 0.481. The van der Waals surface area contributed by atoms with Crippen LogP contribution in [0.15, 0.2) is 48.7 Å². The molecule has 2 amide bonds. The van der Waals surface area contributed by atoms with Crippen molar-refractivity contribution in [2.45, 2.75) is 70.4 Å². The molecule has 9 heteroatoms. The standard InChI is InChI=1S/C27H36N4O4.ClH/c1-2-35-27(34)18-22(12-11-20-7-4-3-5-8-20)30-25(32)19-31(23-13-14-23)26(33)10-6-9-21-15-16-29-24(28)17-21;/h3-5,7-8,15-17,22-23H,2,6,9-14,18-19H2,1H3,(H2,28,29)(H,30,32);1H/t22-;/m1./s1. The predicted molar refractivity (Wildman–Crippen MR) is 142 cm³/mol. The predicted octanol–water partition coefficient (Wildman–Crippen LogP) is 3.47. The molecule has 36 heavy (non-hydrogen) atoms. The van der Waals surface area contributed by atoms with Crippen LogP contribution in [-0.2, 0) is 32.0 Å². The number of benzene rings is 1. The van der Waals surface area contributed by atoms with Crippen molar-refractivity contribution in [3.63, 3.8) is 0 Å². The molecule has 8 nitrogen and oxygen atoms in total. The van der Waals surface area contributed by atoms with Gasteiger partial charge in [0.2, 0.25) is 11.8 Å². The molecule has 1 aliphatic rings. The van der Waals surface area contributed by atoms with Gasteiger partial charge in [0.05, 0.1) is 19.6 Å². The summed E-state index contributed by atoms with van der Waals surface area (Å²) in [6, 6.07) is 13.4. The van der Waals surface area contributed by atoms with Gasteiger partial charge < -0.3 is 20.7 Å². The highest BCUT2D eigenvalue weighted by Crippen LogP contribution is 2.27. The molecular formula is C27H37ClN4O4. The van der Waals surface area contributed by atoms with Crippen molar-refractivity contribution in [1.29, 1.82) is 0 Å². The Kier molecular flexibility index (Phi) is 12.2. The lowest BCUT2D eigenvalue weighted by atomic mass is 10.0. The van der Waals surface area contributed by atoms with Crippen LogP contribution in [0.5, 0.6) is 0 Å². The monoisotopic (exact) mass is 516 g/mol. The Morgan fingerprint density at radius 2 is 1.89 bits per heavy atom. The molecule has 196 valence electrons. The van der Waals surface area contributed by atoms with Crippen LogP contribution in [0.2, 0.25) is 0 Å². The van der Waals surface area contributed by atoms with E-state index in [2.05, 4.69) is 10.3 Å². The van der Waals surface area contributed by atoms with Crippen molar-refractivity contribution in [2.75, 3.05) is 18.9 Å². The minimum Gasteiger partial charge on any atom is -0.466 e. The summed E-state index contributed by atoms with van der Waals surface area (Å²) in [5.74, 6) is -0.127. The molecule has 3 rings (SSSR count). The largest absolute Gasteiger partial charge is 0.466 e. The highest BCUT2D eigenvalue weighted by Gasteiger charge is 2.33. The van der Waals surface area contributed by atoms with Gasteiger partial charge in [0, 0.05) is 24.7 Å². The summed E-state index contributed by atoms with van der Waals surface area (Å²) in [5.41, 5.74) is 7.91. The topological polar surface area (TPSA) is 115 Å². The fourth-order valence-corrected chi connectivity index (χ4v) is 4.10. The van der Waals surface area contributed by atoms with E-state index in [9.17, 15) is 14.4 Å². The molecule has 1 heterocycles. The molecule has 0 saturated heterocycles. The molecule has 3 N–H and O–H groups in total. The number of nitrogen functional groups attached to an aromatic ring is 1. The number of hydrogen-bond donors (Lipinski definition) is 2. The van der Waals surface area contributed by atoms with Gasteiger partial charge in [0.1, 0.15) is 5.82 Å². The third-order valence-electron chi connectivity index (χ3n) is 6.03. The first-order valence-corrected chi connectivity index (χ1v) is 12.4. The lowest BCUT2D eigenvalue weighted by molar-refractivity contribution is -0.144. The third-order valence-corrected chi connectivity index (χ3v) is 6.03. The van der Waals surface area contributed by atoms with E-state index in [0.29, 0.717) is 31.7 Å². The Hall–Kier alpha value is -3.13. The van der Waals surface area contributed by atoms with Gasteiger partial charge in [0.15, 0.2) is 0 Å². The Balaban J connectivity index is 0.00000456. The summed E-state index contributed by atoms with van der Waals surface area (Å²) in [7, 11) is 0. The SMILES string of the molecule is CCOC(=O)C[C@@H](CCc1ccccc1)NC(=O)CN(C(=O)CCCc1ccnc(N)c1)C1CC1.Cl. The van der Waals surface area contributed by atoms with Gasteiger partial charge in [-0.25, -0.2) is 4.98 Å². The molecule has 0 bridgehead atoms. The molecule has 2 aromatic rings. The van der Waals surface area contributed by atoms with Crippen LogP contribution in [0, 0.1) is 0 Å². The zero-order valence-electron chi connectivity index (χ0n) is 20.9. The summed E-state index contributed by atoms with van der Waals surface area (Å²) >= 11 is 0. The van der Waals surface area contributed by atoms with Crippen molar-refractivity contribution < 1.29 is 19.1 Å². The number of nitrogens with two attached hydrogens (primary N) is 1. The normalized spacial score (nSPS) is 13.2. The summed E-state index contributed by atoms with van der Waals surface area (Å²) < 4.78 is 5.10. The van der Waals surface area contributed by atoms with Gasteiger partial charge >= 0.3 is 5.97 Å². The van der Waals surface area contributed by atoms with Crippen LogP contribution in [0.25, 0.3) is 0 Å². The number of nitrogens with one attached hydrogen (secondary N) is 1. The maximum Gasteiger partial charge on any atom is 0.307 e. The van der Waals surface area contributed by atoms with Crippen LogP contribution in [0.1, 0.15) is 56.6 Å². The Bertz CT molecular complexity index is 985. The molecule has 0 radical (unpaired) electrons. The van der Waals surface area contributed by atoms with Crippen molar-refractivity contribution in [2.24, 2.45) is 0 Å². The van der Waals surface area contributed by atoms with Crippen LogP contribution in [0.4, 0.5) is 5.82 Å². The molecule has 0 spiro atoms. The van der Waals surface area contributed by atoms with Gasteiger partial charge in [-0.1, -0.05) is 30.3 Å². The molecule has 1 aromatic heterocycles. The molecule has 0 aliphatic heterocycles. The number of ether oxygens (including phenoxy) is 1. The number of carbonyl (C=O) groups excluding carboxylic acids is 3. The Labute approximate surface area is 219 Å². The van der Waals surface area contributed by atoms with Crippen LogP contribution in [-0.4, -0.2) is 52.9 Å². The smallest absolute Gasteiger partial charge is 0.307 e. The van der Waals surface area contributed by atoms with Crippen molar-refractivity contribution in [3.8, 4) is 0 Å². The lowest BCUT2D eigenvalue weighted by Gasteiger charge is -2.24. The summed E-state index contributed by atoms with van der Waals surface area (Å²) in [5, 5.41) is 2.98. The number of rotatable bonds is 14. The van der Waals surface area contributed by atoms with Crippen molar-refractivity contribution in [3.05, 3.63) is 59.8 Å². The van der Waals surface area contributed by atoms with Crippen molar-refractivity contribution >= 4 is 36.0 Å². The highest BCUT2D eigenvalue weighted by molar-refractivity contribution is 5.86. The number of carbonyl (C=O) groups is 3. The second-order valence-corrected chi connectivity index (χ2v) is 8.99. The zero-order chi connectivity index (χ0) is 25.0. The number of hydrogen-bond acceptors (Lipinski definition) is 6. The van der Waals surface area contributed by atoms with E-state index in [0.717, 1.165) is 36.8 Å². The molecule has 1 saturated carbocycles. The van der Waals surface area contributed by atoms with E-state index in [4.69, 9.17) is 10.5 Å². The summed E-state index contributed by atoms with van der Waals surface area (Å²) in [6.07, 6.45) is 6.72. The number of esters is 1. The Morgan fingerprint density at radius 3 is 2.56 bits per heavy atom. The molecule has 0 unspecified atom stereocenters. The van der Waals surface area contributed by atoms with Gasteiger partial charge in [0.25, 0.3) is 0 Å². The maximum absolute atomic E-state index is 12.9. The van der Waals surface area contributed by atoms with E-state index in [1.807, 2.05) is 42.5 Å².